The van der Waals surface area contributed by atoms with Crippen LogP contribution in [0.3, 0.4) is 0 Å². The molecule has 1 rings (SSSR count). The third-order valence-corrected chi connectivity index (χ3v) is 2.66. The van der Waals surface area contributed by atoms with Crippen molar-refractivity contribution in [2.24, 2.45) is 0 Å². The molecule has 0 aliphatic carbocycles. The average molecular weight is 251 g/mol. The number of hydrogen-bond donors (Lipinski definition) is 2. The molecule has 0 amide bonds. The van der Waals surface area contributed by atoms with Crippen LogP contribution in [0.5, 0.6) is 5.75 Å². The molecule has 2 N–H and O–H groups in total. The van der Waals surface area contributed by atoms with Crippen LogP contribution in [0.15, 0.2) is 18.2 Å². The van der Waals surface area contributed by atoms with Gasteiger partial charge in [0, 0.05) is 24.7 Å². The largest absolute Gasteiger partial charge is 0.508 e. The van der Waals surface area contributed by atoms with Crippen molar-refractivity contribution in [2.45, 2.75) is 33.1 Å². The molecular weight excluding hydrogens is 230 g/mol. The lowest BCUT2D eigenvalue weighted by Gasteiger charge is -2.08. The molecule has 1 aromatic rings. The van der Waals surface area contributed by atoms with Gasteiger partial charge in [-0.15, -0.1) is 0 Å². The lowest BCUT2D eigenvalue weighted by molar-refractivity contribution is -0.143. The number of hydrogen-bond acceptors (Lipinski definition) is 4. The zero-order valence-electron chi connectivity index (χ0n) is 11.0. The Morgan fingerprint density at radius 3 is 2.78 bits per heavy atom. The van der Waals surface area contributed by atoms with Crippen LogP contribution >= 0.6 is 0 Å². The van der Waals surface area contributed by atoms with Crippen molar-refractivity contribution in [2.75, 3.05) is 18.5 Å². The van der Waals surface area contributed by atoms with E-state index < -0.39 is 0 Å². The van der Waals surface area contributed by atoms with E-state index >= 15 is 0 Å². The minimum atomic E-state index is -0.163. The van der Waals surface area contributed by atoms with Crippen LogP contribution < -0.4 is 5.32 Å². The Bertz CT molecular complexity index is 391. The van der Waals surface area contributed by atoms with Gasteiger partial charge in [0.2, 0.25) is 0 Å². The van der Waals surface area contributed by atoms with Crippen molar-refractivity contribution in [3.05, 3.63) is 23.8 Å². The summed E-state index contributed by atoms with van der Waals surface area (Å²) in [6.45, 7) is 4.91. The molecule has 0 fully saturated rings. The molecule has 4 nitrogen and oxygen atoms in total. The van der Waals surface area contributed by atoms with Gasteiger partial charge in [0.1, 0.15) is 5.75 Å². The van der Waals surface area contributed by atoms with Gasteiger partial charge in [-0.25, -0.2) is 0 Å². The Morgan fingerprint density at radius 2 is 2.17 bits per heavy atom. The summed E-state index contributed by atoms with van der Waals surface area (Å²) in [4.78, 5) is 11.1. The Morgan fingerprint density at radius 1 is 1.39 bits per heavy atom. The molecule has 4 heteroatoms. The van der Waals surface area contributed by atoms with Crippen LogP contribution in [0.1, 0.15) is 32.3 Å². The maximum atomic E-state index is 11.1. The van der Waals surface area contributed by atoms with Crippen LogP contribution in [0.2, 0.25) is 0 Å². The van der Waals surface area contributed by atoms with E-state index in [4.69, 9.17) is 4.74 Å². The molecule has 0 saturated heterocycles. The SMILES string of the molecule is CCOC(=O)CCCNc1ccc(CC)c(O)c1. The van der Waals surface area contributed by atoms with Crippen molar-refractivity contribution >= 4 is 11.7 Å². The first-order chi connectivity index (χ1) is 8.67. The van der Waals surface area contributed by atoms with Gasteiger partial charge >= 0.3 is 5.97 Å². The van der Waals surface area contributed by atoms with E-state index in [1.165, 1.54) is 0 Å². The molecule has 0 aliphatic rings. The Labute approximate surface area is 108 Å². The van der Waals surface area contributed by atoms with E-state index in [2.05, 4.69) is 5.32 Å². The van der Waals surface area contributed by atoms with Crippen molar-refractivity contribution in [3.63, 3.8) is 0 Å². The molecule has 0 unspecified atom stereocenters. The van der Waals surface area contributed by atoms with Crippen LogP contribution in [0.4, 0.5) is 5.69 Å². The summed E-state index contributed by atoms with van der Waals surface area (Å²) >= 11 is 0. The quantitative estimate of drug-likeness (QED) is 0.578. The highest BCUT2D eigenvalue weighted by Crippen LogP contribution is 2.22. The van der Waals surface area contributed by atoms with Gasteiger partial charge in [0.15, 0.2) is 0 Å². The third-order valence-electron chi connectivity index (χ3n) is 2.66. The summed E-state index contributed by atoms with van der Waals surface area (Å²) in [5, 5.41) is 12.9. The van der Waals surface area contributed by atoms with E-state index in [-0.39, 0.29) is 5.97 Å². The maximum Gasteiger partial charge on any atom is 0.305 e. The molecule has 0 saturated carbocycles. The minimum Gasteiger partial charge on any atom is -0.508 e. The molecule has 0 spiro atoms. The highest BCUT2D eigenvalue weighted by Gasteiger charge is 2.02. The summed E-state index contributed by atoms with van der Waals surface area (Å²) in [5.74, 6) is 0.149. The van der Waals surface area contributed by atoms with E-state index in [9.17, 15) is 9.90 Å². The highest BCUT2D eigenvalue weighted by molar-refractivity contribution is 5.69. The van der Waals surface area contributed by atoms with Crippen molar-refractivity contribution in [3.8, 4) is 5.75 Å². The van der Waals surface area contributed by atoms with Crippen LogP contribution in [0.25, 0.3) is 0 Å². The lowest BCUT2D eigenvalue weighted by atomic mass is 10.1. The Balaban J connectivity index is 2.31. The number of carbonyl (C=O) groups excluding carboxylic acids is 1. The number of ether oxygens (including phenoxy) is 1. The zero-order valence-corrected chi connectivity index (χ0v) is 11.0. The molecule has 18 heavy (non-hydrogen) atoms. The molecule has 100 valence electrons. The molecule has 1 aromatic carbocycles. The van der Waals surface area contributed by atoms with Crippen LogP contribution in [0, 0.1) is 0 Å². The predicted molar refractivity (Wildman–Crippen MR) is 71.8 cm³/mol. The maximum absolute atomic E-state index is 11.1. The third kappa shape index (κ3) is 4.65. The number of esters is 1. The second-order valence-electron chi connectivity index (χ2n) is 4.03. The van der Waals surface area contributed by atoms with Gasteiger partial charge < -0.3 is 15.2 Å². The lowest BCUT2D eigenvalue weighted by Crippen LogP contribution is -2.08. The Hall–Kier alpha value is -1.71. The standard InChI is InChI=1S/C14H21NO3/c1-3-11-7-8-12(10-13(11)16)15-9-5-6-14(17)18-4-2/h7-8,10,15-16H,3-6,9H2,1-2H3. The molecule has 0 aliphatic heterocycles. The number of aromatic hydroxyl groups is 1. The summed E-state index contributed by atoms with van der Waals surface area (Å²) in [5.41, 5.74) is 1.81. The van der Waals surface area contributed by atoms with Gasteiger partial charge in [-0.05, 0) is 31.4 Å². The second kappa shape index (κ2) is 7.58. The first-order valence-corrected chi connectivity index (χ1v) is 6.38. The van der Waals surface area contributed by atoms with E-state index in [0.717, 1.165) is 24.1 Å². The minimum absolute atomic E-state index is 0.163. The van der Waals surface area contributed by atoms with Gasteiger partial charge in [-0.2, -0.15) is 0 Å². The normalized spacial score (nSPS) is 10.1. The summed E-state index contributed by atoms with van der Waals surface area (Å²) in [6, 6.07) is 5.55. The number of nitrogens with one attached hydrogen (secondary N) is 1. The van der Waals surface area contributed by atoms with E-state index in [0.29, 0.717) is 25.3 Å². The molecule has 0 aromatic heterocycles. The summed E-state index contributed by atoms with van der Waals surface area (Å²) < 4.78 is 4.84. The molecular formula is C14H21NO3. The summed E-state index contributed by atoms with van der Waals surface area (Å²) in [7, 11) is 0. The first kappa shape index (κ1) is 14.4. The first-order valence-electron chi connectivity index (χ1n) is 6.38. The number of anilines is 1. The topological polar surface area (TPSA) is 58.6 Å². The Kier molecular flexibility index (Phi) is 6.05. The number of rotatable bonds is 7. The van der Waals surface area contributed by atoms with Crippen molar-refractivity contribution in [1.82, 2.24) is 0 Å². The fourth-order valence-electron chi connectivity index (χ4n) is 1.67. The molecule has 0 atom stereocenters. The van der Waals surface area contributed by atoms with E-state index in [1.807, 2.05) is 19.1 Å². The smallest absolute Gasteiger partial charge is 0.305 e. The zero-order chi connectivity index (χ0) is 13.4. The number of phenols is 1. The number of benzene rings is 1. The van der Waals surface area contributed by atoms with Gasteiger partial charge in [0.25, 0.3) is 0 Å². The van der Waals surface area contributed by atoms with Crippen molar-refractivity contribution in [1.29, 1.82) is 0 Å². The highest BCUT2D eigenvalue weighted by atomic mass is 16.5. The number of carbonyl (C=O) groups is 1. The van der Waals surface area contributed by atoms with Gasteiger partial charge in [0.05, 0.1) is 6.61 Å². The fourth-order valence-corrected chi connectivity index (χ4v) is 1.67. The second-order valence-corrected chi connectivity index (χ2v) is 4.03. The fraction of sp³-hybridized carbons (Fsp3) is 0.500. The number of phenolic OH excluding ortho intramolecular Hbond substituents is 1. The van der Waals surface area contributed by atoms with Crippen LogP contribution in [-0.2, 0) is 16.0 Å². The summed E-state index contributed by atoms with van der Waals surface area (Å²) in [6.07, 6.45) is 1.95. The molecule has 0 bridgehead atoms. The molecule has 0 heterocycles. The molecule has 0 radical (unpaired) electrons. The van der Waals surface area contributed by atoms with Gasteiger partial charge in [-0.1, -0.05) is 13.0 Å². The monoisotopic (exact) mass is 251 g/mol. The number of aryl methyl sites for hydroxylation is 1. The van der Waals surface area contributed by atoms with Crippen LogP contribution in [-0.4, -0.2) is 24.2 Å². The average Bonchev–Trinajstić information content (AvgIpc) is 2.35. The van der Waals surface area contributed by atoms with Crippen molar-refractivity contribution < 1.29 is 14.6 Å². The van der Waals surface area contributed by atoms with Gasteiger partial charge in [-0.3, -0.25) is 4.79 Å². The van der Waals surface area contributed by atoms with E-state index in [1.54, 1.807) is 13.0 Å². The predicted octanol–water partition coefficient (Wildman–Crippen LogP) is 2.71.